The quantitative estimate of drug-likeness (QED) is 0.281. The van der Waals surface area contributed by atoms with Crippen molar-refractivity contribution in [3.63, 3.8) is 0 Å². The summed E-state index contributed by atoms with van der Waals surface area (Å²) >= 11 is 0. The summed E-state index contributed by atoms with van der Waals surface area (Å²) < 4.78 is 5.06. The summed E-state index contributed by atoms with van der Waals surface area (Å²) in [4.78, 5) is 11.1. The smallest absolute Gasteiger partial charge is 0.333 e. The number of carbonyl (C=O) groups is 1. The molecular weight excluding hydrogens is 228 g/mol. The summed E-state index contributed by atoms with van der Waals surface area (Å²) in [5.41, 5.74) is 0.483. The molecule has 0 heterocycles. The van der Waals surface area contributed by atoms with Gasteiger partial charge in [0.2, 0.25) is 0 Å². The lowest BCUT2D eigenvalue weighted by Crippen LogP contribution is -2.22. The van der Waals surface area contributed by atoms with E-state index in [1.807, 2.05) is 0 Å². The van der Waals surface area contributed by atoms with Gasteiger partial charge in [0, 0.05) is 13.6 Å². The molecule has 0 aliphatic heterocycles. The molecule has 0 fully saturated rings. The second kappa shape index (κ2) is 7.70. The maximum Gasteiger partial charge on any atom is 0.333 e. The minimum atomic E-state index is -0.919. The highest BCUT2D eigenvalue weighted by atomic mass is 28.3. The Morgan fingerprint density at radius 2 is 1.88 bits per heavy atom. The molecule has 1 atom stereocenters. The van der Waals surface area contributed by atoms with Crippen LogP contribution in [0.1, 0.15) is 33.1 Å². The van der Waals surface area contributed by atoms with Gasteiger partial charge in [-0.1, -0.05) is 45.6 Å². The summed E-state index contributed by atoms with van der Waals surface area (Å²) in [6.07, 6.45) is 3.36. The number of unbranched alkanes of at least 4 members (excludes halogenated alkanes) is 1. The molecule has 0 bridgehead atoms. The molecule has 0 saturated heterocycles. The van der Waals surface area contributed by atoms with E-state index in [1.165, 1.54) is 12.5 Å². The number of esters is 1. The molecular formula is C14H28O2Si. The van der Waals surface area contributed by atoms with Gasteiger partial charge in [-0.25, -0.2) is 4.79 Å². The molecule has 3 heteroatoms. The van der Waals surface area contributed by atoms with E-state index < -0.39 is 8.07 Å². The Labute approximate surface area is 107 Å². The molecule has 17 heavy (non-hydrogen) atoms. The Bertz CT molecular complexity index is 253. The van der Waals surface area contributed by atoms with Crippen molar-refractivity contribution in [2.75, 3.05) is 6.61 Å². The van der Waals surface area contributed by atoms with Crippen LogP contribution < -0.4 is 0 Å². The van der Waals surface area contributed by atoms with Gasteiger partial charge in [0.05, 0.1) is 6.61 Å². The molecule has 0 aromatic carbocycles. The first-order valence-corrected chi connectivity index (χ1v) is 10.3. The summed E-state index contributed by atoms with van der Waals surface area (Å²) in [7, 11) is -0.919. The Morgan fingerprint density at radius 3 is 2.35 bits per heavy atom. The lowest BCUT2D eigenvalue weighted by molar-refractivity contribution is -0.139. The highest BCUT2D eigenvalue weighted by molar-refractivity contribution is 6.76. The SMILES string of the molecule is C=C(C)C(=O)OCCCCC(C)C[Si](C)(C)C. The largest absolute Gasteiger partial charge is 0.462 e. The molecule has 0 saturated carbocycles. The number of carbonyl (C=O) groups excluding carboxylic acids is 1. The van der Waals surface area contributed by atoms with Crippen molar-refractivity contribution in [2.24, 2.45) is 5.92 Å². The lowest BCUT2D eigenvalue weighted by Gasteiger charge is -2.21. The van der Waals surface area contributed by atoms with Crippen LogP contribution in [-0.4, -0.2) is 20.7 Å². The molecule has 2 nitrogen and oxygen atoms in total. The van der Waals surface area contributed by atoms with Gasteiger partial charge in [0.25, 0.3) is 0 Å². The van der Waals surface area contributed by atoms with Gasteiger partial charge in [0.1, 0.15) is 0 Å². The third-order valence-corrected chi connectivity index (χ3v) is 4.56. The molecule has 100 valence electrons. The van der Waals surface area contributed by atoms with Gasteiger partial charge in [-0.2, -0.15) is 0 Å². The van der Waals surface area contributed by atoms with Gasteiger partial charge in [0.15, 0.2) is 0 Å². The first-order chi connectivity index (χ1) is 7.72. The number of hydrogen-bond donors (Lipinski definition) is 0. The van der Waals surface area contributed by atoms with E-state index in [0.29, 0.717) is 12.2 Å². The maximum atomic E-state index is 11.1. The minimum Gasteiger partial charge on any atom is -0.462 e. The van der Waals surface area contributed by atoms with E-state index in [4.69, 9.17) is 4.74 Å². The van der Waals surface area contributed by atoms with Crippen LogP contribution in [0.5, 0.6) is 0 Å². The first-order valence-electron chi connectivity index (χ1n) is 6.55. The molecule has 0 rings (SSSR count). The van der Waals surface area contributed by atoms with Crippen molar-refractivity contribution in [3.05, 3.63) is 12.2 Å². The van der Waals surface area contributed by atoms with Crippen molar-refractivity contribution in [1.29, 1.82) is 0 Å². The highest BCUT2D eigenvalue weighted by Gasteiger charge is 2.16. The zero-order valence-corrected chi connectivity index (χ0v) is 13.1. The van der Waals surface area contributed by atoms with Crippen molar-refractivity contribution in [2.45, 2.75) is 58.8 Å². The lowest BCUT2D eigenvalue weighted by atomic mass is 10.1. The Morgan fingerprint density at radius 1 is 1.29 bits per heavy atom. The topological polar surface area (TPSA) is 26.3 Å². The summed E-state index contributed by atoms with van der Waals surface area (Å²) in [5, 5.41) is 0. The average Bonchev–Trinajstić information content (AvgIpc) is 2.13. The van der Waals surface area contributed by atoms with Crippen molar-refractivity contribution in [3.8, 4) is 0 Å². The minimum absolute atomic E-state index is 0.264. The van der Waals surface area contributed by atoms with E-state index in [2.05, 4.69) is 33.1 Å². The monoisotopic (exact) mass is 256 g/mol. The molecule has 0 aliphatic carbocycles. The summed E-state index contributed by atoms with van der Waals surface area (Å²) in [5.74, 6) is 0.540. The van der Waals surface area contributed by atoms with Crippen LogP contribution in [-0.2, 0) is 9.53 Å². The van der Waals surface area contributed by atoms with Crippen molar-refractivity contribution < 1.29 is 9.53 Å². The molecule has 1 unspecified atom stereocenters. The first kappa shape index (κ1) is 16.4. The maximum absolute atomic E-state index is 11.1. The van der Waals surface area contributed by atoms with Crippen LogP contribution in [0, 0.1) is 5.92 Å². The van der Waals surface area contributed by atoms with Crippen LogP contribution in [0.25, 0.3) is 0 Å². The molecule has 0 aromatic heterocycles. The number of rotatable bonds is 8. The van der Waals surface area contributed by atoms with Gasteiger partial charge in [-0.3, -0.25) is 0 Å². The van der Waals surface area contributed by atoms with E-state index >= 15 is 0 Å². The van der Waals surface area contributed by atoms with Gasteiger partial charge < -0.3 is 4.74 Å². The van der Waals surface area contributed by atoms with Crippen LogP contribution in [0.3, 0.4) is 0 Å². The van der Waals surface area contributed by atoms with E-state index in [1.54, 1.807) is 6.92 Å². The van der Waals surface area contributed by atoms with Crippen molar-refractivity contribution in [1.82, 2.24) is 0 Å². The molecule has 0 N–H and O–H groups in total. The summed E-state index contributed by atoms with van der Waals surface area (Å²) in [6, 6.07) is 1.39. The van der Waals surface area contributed by atoms with Crippen molar-refractivity contribution >= 4 is 14.0 Å². The van der Waals surface area contributed by atoms with Gasteiger partial charge >= 0.3 is 5.97 Å². The van der Waals surface area contributed by atoms with Gasteiger partial charge in [-0.05, 0) is 25.7 Å². The highest BCUT2D eigenvalue weighted by Crippen LogP contribution is 2.20. The molecule has 0 spiro atoms. The molecule has 0 radical (unpaired) electrons. The Balaban J connectivity index is 3.52. The van der Waals surface area contributed by atoms with Crippen LogP contribution in [0.2, 0.25) is 25.7 Å². The standard InChI is InChI=1S/C14H28O2Si/c1-12(2)14(15)16-10-8-7-9-13(3)11-17(4,5)6/h13H,1,7-11H2,2-6H3. The average molecular weight is 256 g/mol. The molecule has 0 aromatic rings. The van der Waals surface area contributed by atoms with Crippen LogP contribution >= 0.6 is 0 Å². The third-order valence-electron chi connectivity index (χ3n) is 2.63. The Hall–Kier alpha value is -0.573. The van der Waals surface area contributed by atoms with Crippen LogP contribution in [0.4, 0.5) is 0 Å². The number of hydrogen-bond acceptors (Lipinski definition) is 2. The second-order valence-corrected chi connectivity index (χ2v) is 11.8. The zero-order chi connectivity index (χ0) is 13.5. The predicted octanol–water partition coefficient (Wildman–Crippen LogP) is 4.25. The Kier molecular flexibility index (Phi) is 7.44. The van der Waals surface area contributed by atoms with E-state index in [0.717, 1.165) is 18.8 Å². The number of ether oxygens (including phenoxy) is 1. The molecule has 0 aliphatic rings. The van der Waals surface area contributed by atoms with E-state index in [-0.39, 0.29) is 5.97 Å². The fourth-order valence-electron chi connectivity index (χ4n) is 2.03. The normalized spacial score (nSPS) is 13.2. The predicted molar refractivity (Wildman–Crippen MR) is 76.9 cm³/mol. The van der Waals surface area contributed by atoms with Crippen LogP contribution in [0.15, 0.2) is 12.2 Å². The molecule has 0 amide bonds. The fraction of sp³-hybridized carbons (Fsp3) is 0.786. The van der Waals surface area contributed by atoms with Gasteiger partial charge in [-0.15, -0.1) is 0 Å². The summed E-state index contributed by atoms with van der Waals surface area (Å²) in [6.45, 7) is 15.3. The van der Waals surface area contributed by atoms with E-state index in [9.17, 15) is 4.79 Å². The third kappa shape index (κ3) is 10.3. The zero-order valence-electron chi connectivity index (χ0n) is 12.1. The fourth-order valence-corrected chi connectivity index (χ4v) is 4.33. The second-order valence-electron chi connectivity index (χ2n) is 6.28.